The summed E-state index contributed by atoms with van der Waals surface area (Å²) in [5.41, 5.74) is 6.21. The number of nitrogens with two attached hydrogens (primary N) is 1. The number of halogens is 1. The van der Waals surface area contributed by atoms with E-state index >= 15 is 0 Å². The molecule has 0 bridgehead atoms. The maximum Gasteiger partial charge on any atom is 0.259 e. The molecule has 0 radical (unpaired) electrons. The van der Waals surface area contributed by atoms with Crippen molar-refractivity contribution >= 4 is 27.5 Å². The molecular weight excluding hydrogens is 350 g/mol. The maximum atomic E-state index is 12.5. The van der Waals surface area contributed by atoms with Crippen molar-refractivity contribution in [2.75, 3.05) is 32.5 Å². The molecule has 0 saturated carbocycles. The fourth-order valence-corrected chi connectivity index (χ4v) is 3.36. The van der Waals surface area contributed by atoms with E-state index in [9.17, 15) is 9.90 Å². The van der Waals surface area contributed by atoms with E-state index in [1.807, 2.05) is 0 Å². The molecule has 1 heterocycles. The van der Waals surface area contributed by atoms with Crippen LogP contribution in [-0.2, 0) is 0 Å². The number of amides is 1. The van der Waals surface area contributed by atoms with E-state index in [4.69, 9.17) is 10.5 Å². The molecule has 1 aliphatic rings. The number of benzene rings is 1. The number of aromatic hydroxyl groups is 1. The number of likely N-dealkylation sites (N-methyl/N-ethyl adjacent to an activating group) is 1. The largest absolute Gasteiger partial charge is 0.506 e. The van der Waals surface area contributed by atoms with Crippen LogP contribution in [-0.4, -0.2) is 48.7 Å². The predicted molar refractivity (Wildman–Crippen MR) is 89.4 cm³/mol. The fraction of sp³-hybridized carbons (Fsp3) is 0.533. The van der Waals surface area contributed by atoms with Gasteiger partial charge in [0.2, 0.25) is 0 Å². The third-order valence-corrected chi connectivity index (χ3v) is 4.67. The molecular formula is C15H22BrN3O3. The normalized spacial score (nSPS) is 18.4. The molecule has 4 N–H and O–H groups in total. The molecule has 7 heteroatoms. The Morgan fingerprint density at radius 3 is 3.00 bits per heavy atom. The van der Waals surface area contributed by atoms with Gasteiger partial charge < -0.3 is 20.9 Å². The average Bonchev–Trinajstić information content (AvgIpc) is 2.95. The second-order valence-electron chi connectivity index (χ2n) is 5.34. The summed E-state index contributed by atoms with van der Waals surface area (Å²) >= 11 is 3.19. The highest BCUT2D eigenvalue weighted by Crippen LogP contribution is 2.39. The molecule has 1 aromatic rings. The van der Waals surface area contributed by atoms with Gasteiger partial charge in [-0.25, -0.2) is 0 Å². The number of ether oxygens (including phenoxy) is 1. The molecule has 1 aromatic carbocycles. The molecule has 0 unspecified atom stereocenters. The van der Waals surface area contributed by atoms with Crippen LogP contribution in [0.25, 0.3) is 0 Å². The molecule has 0 aliphatic carbocycles. The van der Waals surface area contributed by atoms with Crippen LogP contribution in [0.4, 0.5) is 5.69 Å². The van der Waals surface area contributed by atoms with Crippen LogP contribution in [0.2, 0.25) is 0 Å². The molecule has 1 fully saturated rings. The van der Waals surface area contributed by atoms with Gasteiger partial charge >= 0.3 is 0 Å². The van der Waals surface area contributed by atoms with Crippen molar-refractivity contribution in [3.05, 3.63) is 16.1 Å². The Morgan fingerprint density at radius 1 is 1.64 bits per heavy atom. The summed E-state index contributed by atoms with van der Waals surface area (Å²) < 4.78 is 5.54. The van der Waals surface area contributed by atoms with E-state index in [1.54, 1.807) is 0 Å². The summed E-state index contributed by atoms with van der Waals surface area (Å²) in [6, 6.07) is 1.85. The average molecular weight is 372 g/mol. The van der Waals surface area contributed by atoms with Crippen LogP contribution in [0.15, 0.2) is 10.5 Å². The van der Waals surface area contributed by atoms with E-state index in [0.29, 0.717) is 22.7 Å². The molecule has 122 valence electrons. The zero-order valence-electron chi connectivity index (χ0n) is 12.9. The molecule has 1 atom stereocenters. The standard InChI is InChI=1S/C15H22BrN3O3/c1-3-19-6-4-5-9(19)8-18-15(21)12-13(20)10(16)7-11(17)14(12)22-2/h7,9,20H,3-6,8,17H2,1-2H3,(H,18,21)/t9-/m0/s1. The summed E-state index contributed by atoms with van der Waals surface area (Å²) in [6.45, 7) is 4.69. The predicted octanol–water partition coefficient (Wildman–Crippen LogP) is 1.96. The van der Waals surface area contributed by atoms with Crippen LogP contribution in [0.3, 0.4) is 0 Å². The lowest BCUT2D eigenvalue weighted by Gasteiger charge is -2.23. The number of nitrogens with one attached hydrogen (secondary N) is 1. The van der Waals surface area contributed by atoms with Crippen molar-refractivity contribution in [3.8, 4) is 11.5 Å². The molecule has 1 amide bonds. The van der Waals surface area contributed by atoms with Crippen molar-refractivity contribution in [1.29, 1.82) is 0 Å². The van der Waals surface area contributed by atoms with Gasteiger partial charge in [-0.1, -0.05) is 6.92 Å². The Labute approximate surface area is 138 Å². The first-order valence-electron chi connectivity index (χ1n) is 7.36. The number of hydrogen-bond donors (Lipinski definition) is 3. The zero-order chi connectivity index (χ0) is 16.3. The Kier molecular flexibility index (Phi) is 5.52. The number of nitrogens with zero attached hydrogens (tertiary/aromatic N) is 1. The lowest BCUT2D eigenvalue weighted by atomic mass is 10.1. The smallest absolute Gasteiger partial charge is 0.259 e. The third kappa shape index (κ3) is 3.30. The minimum Gasteiger partial charge on any atom is -0.506 e. The first kappa shape index (κ1) is 16.9. The Bertz CT molecular complexity index is 565. The van der Waals surface area contributed by atoms with Crippen LogP contribution >= 0.6 is 15.9 Å². The number of anilines is 1. The topological polar surface area (TPSA) is 87.8 Å². The summed E-state index contributed by atoms with van der Waals surface area (Å²) in [7, 11) is 1.42. The number of rotatable bonds is 5. The van der Waals surface area contributed by atoms with E-state index in [0.717, 1.165) is 25.9 Å². The monoisotopic (exact) mass is 371 g/mol. The minimum atomic E-state index is -0.384. The number of likely N-dealkylation sites (tertiary alicyclic amines) is 1. The second-order valence-corrected chi connectivity index (χ2v) is 6.19. The van der Waals surface area contributed by atoms with Gasteiger partial charge in [0.25, 0.3) is 5.91 Å². The highest BCUT2D eigenvalue weighted by atomic mass is 79.9. The van der Waals surface area contributed by atoms with E-state index < -0.39 is 0 Å². The quantitative estimate of drug-likeness (QED) is 0.543. The molecule has 1 saturated heterocycles. The lowest BCUT2D eigenvalue weighted by Crippen LogP contribution is -2.40. The SMILES string of the molecule is CCN1CCC[C@H]1CNC(=O)c1c(O)c(Br)cc(N)c1OC. The first-order chi connectivity index (χ1) is 10.5. The number of carbonyl (C=O) groups excluding carboxylic acids is 1. The summed E-state index contributed by atoms with van der Waals surface area (Å²) in [5, 5.41) is 13.0. The second kappa shape index (κ2) is 7.19. The van der Waals surface area contributed by atoms with Gasteiger partial charge in [-0.3, -0.25) is 9.69 Å². The van der Waals surface area contributed by atoms with Crippen molar-refractivity contribution in [2.24, 2.45) is 0 Å². The fourth-order valence-electron chi connectivity index (χ4n) is 2.91. The van der Waals surface area contributed by atoms with Gasteiger partial charge in [-0.15, -0.1) is 0 Å². The highest BCUT2D eigenvalue weighted by Gasteiger charge is 2.26. The number of carbonyl (C=O) groups is 1. The van der Waals surface area contributed by atoms with Crippen LogP contribution in [0, 0.1) is 0 Å². The van der Waals surface area contributed by atoms with E-state index in [2.05, 4.69) is 33.1 Å². The van der Waals surface area contributed by atoms with Gasteiger partial charge in [-0.2, -0.15) is 0 Å². The van der Waals surface area contributed by atoms with Gasteiger partial charge in [0.15, 0.2) is 5.75 Å². The number of hydrogen-bond acceptors (Lipinski definition) is 5. The molecule has 0 aromatic heterocycles. The number of nitrogen functional groups attached to an aromatic ring is 1. The Hall–Kier alpha value is -1.47. The molecule has 2 rings (SSSR count). The van der Waals surface area contributed by atoms with Crippen molar-refractivity contribution in [2.45, 2.75) is 25.8 Å². The Balaban J connectivity index is 2.16. The first-order valence-corrected chi connectivity index (χ1v) is 8.16. The van der Waals surface area contributed by atoms with E-state index in [1.165, 1.54) is 13.2 Å². The number of phenolic OH excluding ortho intramolecular Hbond substituents is 1. The van der Waals surface area contributed by atoms with Gasteiger partial charge in [0.05, 0.1) is 17.3 Å². The summed E-state index contributed by atoms with van der Waals surface area (Å²) in [6.07, 6.45) is 2.21. The highest BCUT2D eigenvalue weighted by molar-refractivity contribution is 9.10. The lowest BCUT2D eigenvalue weighted by molar-refractivity contribution is 0.0935. The summed E-state index contributed by atoms with van der Waals surface area (Å²) in [4.78, 5) is 14.8. The number of methoxy groups -OCH3 is 1. The van der Waals surface area contributed by atoms with Crippen molar-refractivity contribution < 1.29 is 14.6 Å². The van der Waals surface area contributed by atoms with Crippen molar-refractivity contribution in [1.82, 2.24) is 10.2 Å². The van der Waals surface area contributed by atoms with Gasteiger partial charge in [0, 0.05) is 12.6 Å². The van der Waals surface area contributed by atoms with Crippen molar-refractivity contribution in [3.63, 3.8) is 0 Å². The molecule has 6 nitrogen and oxygen atoms in total. The molecule has 22 heavy (non-hydrogen) atoms. The van der Waals surface area contributed by atoms with Crippen LogP contribution < -0.4 is 15.8 Å². The number of phenols is 1. The van der Waals surface area contributed by atoms with Gasteiger partial charge in [0.1, 0.15) is 11.3 Å². The zero-order valence-corrected chi connectivity index (χ0v) is 14.4. The molecule has 1 aliphatic heterocycles. The third-order valence-electron chi connectivity index (χ3n) is 4.07. The minimum absolute atomic E-state index is 0.0652. The molecule has 0 spiro atoms. The van der Waals surface area contributed by atoms with Crippen LogP contribution in [0.5, 0.6) is 11.5 Å². The van der Waals surface area contributed by atoms with Crippen LogP contribution in [0.1, 0.15) is 30.1 Å². The van der Waals surface area contributed by atoms with E-state index in [-0.39, 0.29) is 23.0 Å². The van der Waals surface area contributed by atoms with Gasteiger partial charge in [-0.05, 0) is 47.9 Å². The Morgan fingerprint density at radius 2 is 2.36 bits per heavy atom. The summed E-state index contributed by atoms with van der Waals surface area (Å²) in [5.74, 6) is -0.357. The maximum absolute atomic E-state index is 12.5.